The lowest BCUT2D eigenvalue weighted by molar-refractivity contribution is 1.25. The zero-order valence-electron chi connectivity index (χ0n) is 16.3. The predicted molar refractivity (Wildman–Crippen MR) is 124 cm³/mol. The van der Waals surface area contributed by atoms with Crippen molar-refractivity contribution < 1.29 is 0 Å². The van der Waals surface area contributed by atoms with E-state index in [9.17, 15) is 0 Å². The van der Waals surface area contributed by atoms with Gasteiger partial charge in [0.05, 0.1) is 5.52 Å². The normalized spacial score (nSPS) is 10.9. The Labute approximate surface area is 179 Å². The zero-order valence-corrected chi connectivity index (χ0v) is 17.1. The summed E-state index contributed by atoms with van der Waals surface area (Å²) < 4.78 is 0. The molecule has 2 aromatic carbocycles. The molecule has 0 aliphatic carbocycles. The fourth-order valence-corrected chi connectivity index (χ4v) is 4.36. The van der Waals surface area contributed by atoms with E-state index in [2.05, 4.69) is 69.5 Å². The summed E-state index contributed by atoms with van der Waals surface area (Å²) >= 11 is 1.82. The molecular formula is C26H19N3S. The van der Waals surface area contributed by atoms with Crippen LogP contribution in [-0.4, -0.2) is 15.0 Å². The van der Waals surface area contributed by atoms with Gasteiger partial charge in [-0.05, 0) is 70.8 Å². The van der Waals surface area contributed by atoms with Crippen LogP contribution in [0.5, 0.6) is 0 Å². The van der Waals surface area contributed by atoms with Crippen LogP contribution >= 0.6 is 11.8 Å². The van der Waals surface area contributed by atoms with Crippen molar-refractivity contribution in [3.63, 3.8) is 0 Å². The van der Waals surface area contributed by atoms with E-state index in [4.69, 9.17) is 0 Å². The van der Waals surface area contributed by atoms with Gasteiger partial charge < -0.3 is 0 Å². The molecule has 0 bridgehead atoms. The third-order valence-corrected chi connectivity index (χ3v) is 6.09. The Hall–Kier alpha value is -3.50. The van der Waals surface area contributed by atoms with Crippen LogP contribution in [0.3, 0.4) is 0 Å². The van der Waals surface area contributed by atoms with Crippen LogP contribution in [0, 0.1) is 0 Å². The van der Waals surface area contributed by atoms with E-state index < -0.39 is 0 Å². The summed E-state index contributed by atoms with van der Waals surface area (Å²) in [5, 5.41) is 1.13. The highest BCUT2D eigenvalue weighted by atomic mass is 32.2. The Kier molecular flexibility index (Phi) is 5.23. The molecule has 0 N–H and O–H groups in total. The third-order valence-electron chi connectivity index (χ3n) is 5.01. The first-order valence-corrected chi connectivity index (χ1v) is 10.8. The highest BCUT2D eigenvalue weighted by molar-refractivity contribution is 7.98. The van der Waals surface area contributed by atoms with E-state index in [-0.39, 0.29) is 0 Å². The molecule has 0 spiro atoms. The average molecular weight is 406 g/mol. The fraction of sp³-hybridized carbons (Fsp3) is 0.0385. The molecule has 0 atom stereocenters. The largest absolute Gasteiger partial charge is 0.265 e. The van der Waals surface area contributed by atoms with E-state index in [0.717, 1.165) is 38.9 Å². The van der Waals surface area contributed by atoms with E-state index in [1.165, 1.54) is 10.5 Å². The maximum atomic E-state index is 4.55. The Bertz CT molecular complexity index is 1290. The first-order chi connectivity index (χ1) is 14.9. The molecule has 0 amide bonds. The van der Waals surface area contributed by atoms with E-state index in [1.54, 1.807) is 0 Å². The van der Waals surface area contributed by atoms with Gasteiger partial charge >= 0.3 is 0 Å². The van der Waals surface area contributed by atoms with Crippen molar-refractivity contribution in [1.82, 2.24) is 15.0 Å². The summed E-state index contributed by atoms with van der Waals surface area (Å²) in [6, 6.07) is 25.2. The molecule has 4 heteroatoms. The molecule has 0 aliphatic rings. The van der Waals surface area contributed by atoms with Gasteiger partial charge in [0.2, 0.25) is 0 Å². The molecule has 0 saturated carbocycles. The van der Waals surface area contributed by atoms with Crippen molar-refractivity contribution in [3.05, 3.63) is 109 Å². The van der Waals surface area contributed by atoms with E-state index in [1.807, 2.05) is 60.9 Å². The second-order valence-electron chi connectivity index (χ2n) is 7.01. The quantitative estimate of drug-likeness (QED) is 0.307. The Morgan fingerprint density at radius 3 is 2.40 bits per heavy atom. The molecule has 0 radical (unpaired) electrons. The summed E-state index contributed by atoms with van der Waals surface area (Å²) in [6.07, 6.45) is 9.39. The smallest absolute Gasteiger partial charge is 0.0708 e. The number of benzene rings is 2. The van der Waals surface area contributed by atoms with Gasteiger partial charge in [0, 0.05) is 52.6 Å². The van der Waals surface area contributed by atoms with Crippen LogP contribution in [0.15, 0.2) is 109 Å². The molecule has 5 rings (SSSR count). The summed E-state index contributed by atoms with van der Waals surface area (Å²) in [6.45, 7) is 0. The summed E-state index contributed by atoms with van der Waals surface area (Å²) in [5.41, 5.74) is 6.75. The van der Waals surface area contributed by atoms with Crippen molar-refractivity contribution >= 4 is 22.7 Å². The minimum Gasteiger partial charge on any atom is -0.265 e. The number of fused-ring (bicyclic) bond motifs is 1. The number of rotatable bonds is 5. The monoisotopic (exact) mass is 405 g/mol. The number of aromatic nitrogens is 3. The number of thioether (sulfide) groups is 1. The molecule has 5 aromatic rings. The van der Waals surface area contributed by atoms with Gasteiger partial charge in [0.1, 0.15) is 0 Å². The molecule has 0 fully saturated rings. The third kappa shape index (κ3) is 3.95. The molecular weight excluding hydrogens is 386 g/mol. The van der Waals surface area contributed by atoms with Gasteiger partial charge in [0.25, 0.3) is 0 Å². The highest BCUT2D eigenvalue weighted by Crippen LogP contribution is 2.31. The first kappa shape index (κ1) is 18.5. The maximum absolute atomic E-state index is 4.55. The lowest BCUT2D eigenvalue weighted by Gasteiger charge is -2.09. The lowest BCUT2D eigenvalue weighted by Crippen LogP contribution is -1.89. The van der Waals surface area contributed by atoms with Crippen LogP contribution in [-0.2, 0) is 5.75 Å². The second-order valence-corrected chi connectivity index (χ2v) is 8.06. The predicted octanol–water partition coefficient (Wildman–Crippen LogP) is 6.65. The van der Waals surface area contributed by atoms with Crippen LogP contribution in [0.2, 0.25) is 0 Å². The van der Waals surface area contributed by atoms with E-state index in [0.29, 0.717) is 0 Å². The molecule has 3 nitrogen and oxygen atoms in total. The Morgan fingerprint density at radius 2 is 1.53 bits per heavy atom. The van der Waals surface area contributed by atoms with Crippen molar-refractivity contribution in [3.8, 4) is 22.3 Å². The van der Waals surface area contributed by atoms with Gasteiger partial charge in [-0.2, -0.15) is 0 Å². The van der Waals surface area contributed by atoms with Gasteiger partial charge in [-0.25, -0.2) is 0 Å². The van der Waals surface area contributed by atoms with Crippen molar-refractivity contribution in [2.45, 2.75) is 10.6 Å². The zero-order chi connectivity index (χ0) is 20.2. The van der Waals surface area contributed by atoms with E-state index >= 15 is 0 Å². The summed E-state index contributed by atoms with van der Waals surface area (Å²) in [4.78, 5) is 14.4. The van der Waals surface area contributed by atoms with Crippen molar-refractivity contribution in [1.29, 1.82) is 0 Å². The molecule has 3 aromatic heterocycles. The average Bonchev–Trinajstić information content (AvgIpc) is 2.83. The van der Waals surface area contributed by atoms with Crippen LogP contribution < -0.4 is 0 Å². The highest BCUT2D eigenvalue weighted by Gasteiger charge is 2.08. The Morgan fingerprint density at radius 1 is 0.667 bits per heavy atom. The molecule has 0 unspecified atom stereocenters. The number of pyridine rings is 3. The van der Waals surface area contributed by atoms with Crippen LogP contribution in [0.25, 0.3) is 33.2 Å². The standard InChI is InChI=1S/C26H19N3S/c1-2-4-23(5-3-1)30-18-19-14-22(17-28-16-19)21-6-7-26-25(15-21)24(10-13-29-26)20-8-11-27-12-9-20/h1-17H,18H2. The molecule has 0 saturated heterocycles. The van der Waals surface area contributed by atoms with Gasteiger partial charge in [0.15, 0.2) is 0 Å². The topological polar surface area (TPSA) is 38.7 Å². The van der Waals surface area contributed by atoms with Gasteiger partial charge in [-0.1, -0.05) is 24.3 Å². The Balaban J connectivity index is 1.49. The second kappa shape index (κ2) is 8.47. The first-order valence-electron chi connectivity index (χ1n) is 9.78. The van der Waals surface area contributed by atoms with Crippen LogP contribution in [0.4, 0.5) is 0 Å². The minimum absolute atomic E-state index is 0.891. The lowest BCUT2D eigenvalue weighted by atomic mass is 9.98. The molecule has 3 heterocycles. The number of nitrogens with zero attached hydrogens (tertiary/aromatic N) is 3. The molecule has 144 valence electrons. The minimum atomic E-state index is 0.891. The number of hydrogen-bond donors (Lipinski definition) is 0. The molecule has 30 heavy (non-hydrogen) atoms. The van der Waals surface area contributed by atoms with Crippen LogP contribution in [0.1, 0.15) is 5.56 Å². The van der Waals surface area contributed by atoms with Crippen molar-refractivity contribution in [2.24, 2.45) is 0 Å². The number of hydrogen-bond acceptors (Lipinski definition) is 4. The molecule has 0 aliphatic heterocycles. The van der Waals surface area contributed by atoms with Gasteiger partial charge in [-0.15, -0.1) is 11.8 Å². The summed E-state index contributed by atoms with van der Waals surface area (Å²) in [7, 11) is 0. The SMILES string of the molecule is c1ccc(SCc2cncc(-c3ccc4nccc(-c5ccncc5)c4c3)c2)cc1. The summed E-state index contributed by atoms with van der Waals surface area (Å²) in [5.74, 6) is 0.891. The fourth-order valence-electron chi connectivity index (χ4n) is 3.52. The van der Waals surface area contributed by atoms with Gasteiger partial charge in [-0.3, -0.25) is 15.0 Å². The van der Waals surface area contributed by atoms with Crippen molar-refractivity contribution in [2.75, 3.05) is 0 Å². The maximum Gasteiger partial charge on any atom is 0.0708 e.